The molecule has 0 bridgehead atoms. The minimum atomic E-state index is 1.04. The molecule has 3 rings (SSSR count). The zero-order valence-electron chi connectivity index (χ0n) is 15.2. The molecule has 0 radical (unpaired) electrons. The van der Waals surface area contributed by atoms with Gasteiger partial charge in [-0.3, -0.25) is 0 Å². The highest BCUT2D eigenvalue weighted by atomic mass is 14.1. The topological polar surface area (TPSA) is 0 Å². The third-order valence-corrected chi connectivity index (χ3v) is 4.66. The van der Waals surface area contributed by atoms with Gasteiger partial charge in [0.1, 0.15) is 0 Å². The number of aryl methyl sites for hydroxylation is 2. The van der Waals surface area contributed by atoms with Gasteiger partial charge in [0.05, 0.1) is 0 Å². The first-order chi connectivity index (χ1) is 12.1. The van der Waals surface area contributed by atoms with Crippen LogP contribution in [0.25, 0.3) is 22.3 Å². The van der Waals surface area contributed by atoms with Crippen molar-refractivity contribution in [2.75, 3.05) is 0 Å². The Labute approximate surface area is 151 Å². The van der Waals surface area contributed by atoms with Gasteiger partial charge in [0, 0.05) is 0 Å². The Morgan fingerprint density at radius 1 is 0.720 bits per heavy atom. The molecular formula is C25H24. The van der Waals surface area contributed by atoms with Crippen LogP contribution in [0.3, 0.4) is 0 Å². The lowest BCUT2D eigenvalue weighted by atomic mass is 9.92. The summed E-state index contributed by atoms with van der Waals surface area (Å²) in [5.41, 5.74) is 9.87. The number of benzene rings is 3. The Hall–Kier alpha value is -2.86. The van der Waals surface area contributed by atoms with Crippen LogP contribution in [0, 0.1) is 13.8 Å². The van der Waals surface area contributed by atoms with Gasteiger partial charge < -0.3 is 0 Å². The number of hydrogen-bond acceptors (Lipinski definition) is 0. The monoisotopic (exact) mass is 324 g/mol. The van der Waals surface area contributed by atoms with E-state index in [1.54, 1.807) is 0 Å². The van der Waals surface area contributed by atoms with Crippen LogP contribution >= 0.6 is 0 Å². The lowest BCUT2D eigenvalue weighted by molar-refractivity contribution is 1.39. The largest absolute Gasteiger partial charge is 0.0911 e. The van der Waals surface area contributed by atoms with E-state index < -0.39 is 0 Å². The Morgan fingerprint density at radius 3 is 2.08 bits per heavy atom. The summed E-state index contributed by atoms with van der Waals surface area (Å²) in [5.74, 6) is 0. The average molecular weight is 324 g/mol. The molecule has 0 aliphatic carbocycles. The minimum absolute atomic E-state index is 1.04. The summed E-state index contributed by atoms with van der Waals surface area (Å²) in [5, 5.41) is 0. The fraction of sp³-hybridized carbons (Fsp3) is 0.120. The highest BCUT2D eigenvalue weighted by molar-refractivity contribution is 5.84. The molecule has 0 aromatic heterocycles. The molecule has 0 saturated heterocycles. The maximum absolute atomic E-state index is 4.23. The van der Waals surface area contributed by atoms with Gasteiger partial charge in [-0.15, -0.1) is 0 Å². The van der Waals surface area contributed by atoms with Crippen molar-refractivity contribution in [3.05, 3.63) is 108 Å². The van der Waals surface area contributed by atoms with Crippen molar-refractivity contribution in [2.24, 2.45) is 0 Å². The molecule has 3 aromatic rings. The van der Waals surface area contributed by atoms with Crippen molar-refractivity contribution in [1.29, 1.82) is 0 Å². The molecule has 0 aliphatic heterocycles. The predicted molar refractivity (Wildman–Crippen MR) is 110 cm³/mol. The molecule has 0 spiro atoms. The smallest absolute Gasteiger partial charge is 0.0146 e. The van der Waals surface area contributed by atoms with Crippen molar-refractivity contribution in [3.63, 3.8) is 0 Å². The second-order valence-corrected chi connectivity index (χ2v) is 6.56. The standard InChI is InChI=1S/C25H24/c1-18-10-8-9-13-24(18)25-17-23(15-14-19(25)2)21(4)16-20(3)22-11-6-5-7-12-22/h5-17H,3H2,1-2,4H3/b21-16+. The highest BCUT2D eigenvalue weighted by Crippen LogP contribution is 2.30. The average Bonchev–Trinajstić information content (AvgIpc) is 2.63. The molecule has 0 heterocycles. The third-order valence-electron chi connectivity index (χ3n) is 4.66. The van der Waals surface area contributed by atoms with Crippen LogP contribution in [-0.4, -0.2) is 0 Å². The van der Waals surface area contributed by atoms with Gasteiger partial charge in [0.2, 0.25) is 0 Å². The molecule has 0 fully saturated rings. The fourth-order valence-corrected chi connectivity index (χ4v) is 3.11. The zero-order valence-corrected chi connectivity index (χ0v) is 15.2. The first-order valence-electron chi connectivity index (χ1n) is 8.66. The van der Waals surface area contributed by atoms with Gasteiger partial charge in [-0.05, 0) is 71.4 Å². The maximum Gasteiger partial charge on any atom is -0.0146 e. The van der Waals surface area contributed by atoms with Crippen LogP contribution in [0.5, 0.6) is 0 Å². The molecular weight excluding hydrogens is 300 g/mol. The van der Waals surface area contributed by atoms with Crippen molar-refractivity contribution in [1.82, 2.24) is 0 Å². The number of allylic oxidation sites excluding steroid dienone is 3. The summed E-state index contributed by atoms with van der Waals surface area (Å²) in [6.07, 6.45) is 2.17. The first-order valence-corrected chi connectivity index (χ1v) is 8.66. The van der Waals surface area contributed by atoms with Gasteiger partial charge in [-0.1, -0.05) is 79.4 Å². The van der Waals surface area contributed by atoms with E-state index in [1.807, 2.05) is 18.2 Å². The summed E-state index contributed by atoms with van der Waals surface area (Å²) in [6.45, 7) is 10.7. The molecule has 0 heteroatoms. The Bertz CT molecular complexity index is 927. The van der Waals surface area contributed by atoms with Crippen LogP contribution in [0.4, 0.5) is 0 Å². The van der Waals surface area contributed by atoms with Crippen LogP contribution in [0.15, 0.2) is 85.5 Å². The summed E-state index contributed by atoms with van der Waals surface area (Å²) in [4.78, 5) is 0. The van der Waals surface area contributed by atoms with E-state index in [2.05, 4.69) is 88.0 Å². The Kier molecular flexibility index (Phi) is 5.00. The van der Waals surface area contributed by atoms with Gasteiger partial charge in [-0.25, -0.2) is 0 Å². The highest BCUT2D eigenvalue weighted by Gasteiger charge is 2.07. The summed E-state index contributed by atoms with van der Waals surface area (Å²) in [7, 11) is 0. The quantitative estimate of drug-likeness (QED) is 0.449. The molecule has 0 atom stereocenters. The van der Waals surface area contributed by atoms with Gasteiger partial charge in [0.25, 0.3) is 0 Å². The molecule has 3 aromatic carbocycles. The van der Waals surface area contributed by atoms with Crippen molar-refractivity contribution in [3.8, 4) is 11.1 Å². The van der Waals surface area contributed by atoms with E-state index in [1.165, 1.54) is 33.4 Å². The zero-order chi connectivity index (χ0) is 17.8. The van der Waals surface area contributed by atoms with Crippen LogP contribution in [-0.2, 0) is 0 Å². The lowest BCUT2D eigenvalue weighted by Gasteiger charge is -2.12. The van der Waals surface area contributed by atoms with E-state index in [4.69, 9.17) is 0 Å². The minimum Gasteiger partial charge on any atom is -0.0911 e. The second kappa shape index (κ2) is 7.36. The predicted octanol–water partition coefficient (Wildman–Crippen LogP) is 7.09. The van der Waals surface area contributed by atoms with Crippen LogP contribution in [0.1, 0.15) is 29.2 Å². The van der Waals surface area contributed by atoms with E-state index in [9.17, 15) is 0 Å². The van der Waals surface area contributed by atoms with Crippen molar-refractivity contribution < 1.29 is 0 Å². The maximum atomic E-state index is 4.23. The van der Waals surface area contributed by atoms with Gasteiger partial charge >= 0.3 is 0 Å². The van der Waals surface area contributed by atoms with E-state index >= 15 is 0 Å². The van der Waals surface area contributed by atoms with Crippen LogP contribution in [0.2, 0.25) is 0 Å². The third kappa shape index (κ3) is 3.80. The van der Waals surface area contributed by atoms with E-state index in [0.717, 1.165) is 11.1 Å². The lowest BCUT2D eigenvalue weighted by Crippen LogP contribution is -1.90. The normalized spacial score (nSPS) is 11.4. The summed E-state index contributed by atoms with van der Waals surface area (Å²) >= 11 is 0. The molecule has 0 aliphatic rings. The van der Waals surface area contributed by atoms with E-state index in [0.29, 0.717) is 0 Å². The molecule has 0 amide bonds. The van der Waals surface area contributed by atoms with Crippen molar-refractivity contribution in [2.45, 2.75) is 20.8 Å². The number of hydrogen-bond donors (Lipinski definition) is 0. The van der Waals surface area contributed by atoms with E-state index in [-0.39, 0.29) is 0 Å². The molecule has 124 valence electrons. The molecule has 0 saturated carbocycles. The molecule has 25 heavy (non-hydrogen) atoms. The molecule has 0 N–H and O–H groups in total. The van der Waals surface area contributed by atoms with Crippen molar-refractivity contribution >= 4 is 11.1 Å². The summed E-state index contributed by atoms with van der Waals surface area (Å²) < 4.78 is 0. The first kappa shape index (κ1) is 17.0. The molecule has 0 unspecified atom stereocenters. The Morgan fingerprint density at radius 2 is 1.36 bits per heavy atom. The van der Waals surface area contributed by atoms with Gasteiger partial charge in [0.15, 0.2) is 0 Å². The number of rotatable bonds is 4. The summed E-state index contributed by atoms with van der Waals surface area (Å²) in [6, 6.07) is 25.6. The van der Waals surface area contributed by atoms with Crippen LogP contribution < -0.4 is 0 Å². The van der Waals surface area contributed by atoms with Gasteiger partial charge in [-0.2, -0.15) is 0 Å². The fourth-order valence-electron chi connectivity index (χ4n) is 3.11. The second-order valence-electron chi connectivity index (χ2n) is 6.56. The molecule has 0 nitrogen and oxygen atoms in total. The SMILES string of the molecule is C=C(/C=C(\C)c1ccc(C)c(-c2ccccc2C)c1)c1ccccc1. The Balaban J connectivity index is 1.98.